The number of hydrogen-bond acceptors (Lipinski definition) is 1. The van der Waals surface area contributed by atoms with Gasteiger partial charge in [-0.05, 0) is 24.5 Å². The largest absolute Gasteiger partial charge is 0.391 e. The molecule has 9 heavy (non-hydrogen) atoms. The van der Waals surface area contributed by atoms with E-state index in [4.69, 9.17) is 0 Å². The first-order chi connectivity index (χ1) is 4.30. The van der Waals surface area contributed by atoms with Crippen LogP contribution in [0.5, 0.6) is 0 Å². The van der Waals surface area contributed by atoms with Gasteiger partial charge in [0, 0.05) is 6.54 Å². The zero-order chi connectivity index (χ0) is 6.69. The van der Waals surface area contributed by atoms with Crippen LogP contribution >= 0.6 is 0 Å². The highest BCUT2D eigenvalue weighted by molar-refractivity contribution is 4.89. The van der Waals surface area contributed by atoms with Gasteiger partial charge in [0.05, 0.1) is 0 Å². The van der Waals surface area contributed by atoms with Gasteiger partial charge in [0.2, 0.25) is 0 Å². The first-order valence-corrected chi connectivity index (χ1v) is 3.69. The molecule has 0 bridgehead atoms. The second kappa shape index (κ2) is 2.90. The van der Waals surface area contributed by atoms with Crippen molar-refractivity contribution in [2.45, 2.75) is 20.3 Å². The molecule has 1 nitrogen and oxygen atoms in total. The van der Waals surface area contributed by atoms with Crippen LogP contribution < -0.4 is 5.32 Å². The lowest BCUT2D eigenvalue weighted by Gasteiger charge is -2.22. The Hall–Kier alpha value is -0.460. The topological polar surface area (TPSA) is 12.0 Å². The van der Waals surface area contributed by atoms with Gasteiger partial charge in [-0.25, -0.2) is 0 Å². The second-order valence-electron chi connectivity index (χ2n) is 3.05. The molecule has 0 aromatic heterocycles. The molecule has 1 unspecified atom stereocenters. The minimum absolute atomic E-state index is 0.822. The van der Waals surface area contributed by atoms with Gasteiger partial charge < -0.3 is 5.32 Å². The van der Waals surface area contributed by atoms with E-state index < -0.39 is 0 Å². The Kier molecular flexibility index (Phi) is 2.15. The van der Waals surface area contributed by atoms with E-state index in [2.05, 4.69) is 31.4 Å². The third kappa shape index (κ3) is 1.74. The van der Waals surface area contributed by atoms with Gasteiger partial charge in [0.25, 0.3) is 0 Å². The van der Waals surface area contributed by atoms with E-state index in [1.807, 2.05) is 0 Å². The highest BCUT2D eigenvalue weighted by Crippen LogP contribution is 2.16. The van der Waals surface area contributed by atoms with Gasteiger partial charge >= 0.3 is 0 Å². The van der Waals surface area contributed by atoms with Crippen molar-refractivity contribution in [3.8, 4) is 0 Å². The van der Waals surface area contributed by atoms with Crippen molar-refractivity contribution in [2.24, 2.45) is 11.8 Å². The van der Waals surface area contributed by atoms with Crippen LogP contribution in [0.25, 0.3) is 0 Å². The molecule has 0 radical (unpaired) electrons. The van der Waals surface area contributed by atoms with Gasteiger partial charge in [0.15, 0.2) is 0 Å². The molecule has 1 N–H and O–H groups in total. The van der Waals surface area contributed by atoms with Gasteiger partial charge in [-0.3, -0.25) is 0 Å². The summed E-state index contributed by atoms with van der Waals surface area (Å²) in [6.07, 6.45) is 5.53. The van der Waals surface area contributed by atoms with Crippen LogP contribution in [0.15, 0.2) is 12.3 Å². The van der Waals surface area contributed by atoms with Crippen molar-refractivity contribution in [3.63, 3.8) is 0 Å². The first-order valence-electron chi connectivity index (χ1n) is 3.69. The van der Waals surface area contributed by atoms with Gasteiger partial charge in [-0.15, -0.1) is 0 Å². The lowest BCUT2D eigenvalue weighted by atomic mass is 9.91. The van der Waals surface area contributed by atoms with Crippen LogP contribution in [0.3, 0.4) is 0 Å². The molecule has 1 heteroatoms. The van der Waals surface area contributed by atoms with Crippen molar-refractivity contribution >= 4 is 0 Å². The minimum atomic E-state index is 0.822. The fraction of sp³-hybridized carbons (Fsp3) is 0.750. The molecule has 0 aliphatic carbocycles. The molecule has 1 rings (SSSR count). The molecule has 0 fully saturated rings. The van der Waals surface area contributed by atoms with E-state index in [0.29, 0.717) is 0 Å². The molecule has 0 spiro atoms. The van der Waals surface area contributed by atoms with Crippen LogP contribution in [0.2, 0.25) is 0 Å². The van der Waals surface area contributed by atoms with Crippen molar-refractivity contribution in [2.75, 3.05) is 6.54 Å². The summed E-state index contributed by atoms with van der Waals surface area (Å²) >= 11 is 0. The number of allylic oxidation sites excluding steroid dienone is 1. The standard InChI is InChI=1S/C8H15N/c1-7(2)8-4-3-5-9-6-8/h3,5,7-9H,4,6H2,1-2H3. The Balaban J connectivity index is 2.35. The Bertz CT molecular complexity index is 105. The SMILES string of the molecule is CC(C)C1CC=CNC1. The van der Waals surface area contributed by atoms with Crippen LogP contribution in [0, 0.1) is 11.8 Å². The van der Waals surface area contributed by atoms with Crippen LogP contribution in [-0.2, 0) is 0 Å². The fourth-order valence-electron chi connectivity index (χ4n) is 1.14. The first kappa shape index (κ1) is 6.66. The number of nitrogens with one attached hydrogen (secondary N) is 1. The summed E-state index contributed by atoms with van der Waals surface area (Å²) in [7, 11) is 0. The highest BCUT2D eigenvalue weighted by atomic mass is 14.8. The Labute approximate surface area is 57.1 Å². The van der Waals surface area contributed by atoms with Crippen molar-refractivity contribution in [3.05, 3.63) is 12.3 Å². The third-order valence-electron chi connectivity index (χ3n) is 2.00. The summed E-state index contributed by atoms with van der Waals surface area (Å²) in [4.78, 5) is 0. The molecule has 1 aliphatic heterocycles. The Morgan fingerprint density at radius 2 is 2.33 bits per heavy atom. The van der Waals surface area contributed by atoms with Gasteiger partial charge in [0.1, 0.15) is 0 Å². The molecule has 1 aliphatic rings. The number of hydrogen-bond donors (Lipinski definition) is 1. The van der Waals surface area contributed by atoms with Crippen LogP contribution in [0.1, 0.15) is 20.3 Å². The average Bonchev–Trinajstić information content (AvgIpc) is 1.90. The van der Waals surface area contributed by atoms with Gasteiger partial charge in [-0.1, -0.05) is 19.9 Å². The van der Waals surface area contributed by atoms with E-state index >= 15 is 0 Å². The zero-order valence-corrected chi connectivity index (χ0v) is 6.22. The van der Waals surface area contributed by atoms with E-state index in [9.17, 15) is 0 Å². The van der Waals surface area contributed by atoms with Crippen LogP contribution in [-0.4, -0.2) is 6.54 Å². The van der Waals surface area contributed by atoms with Crippen molar-refractivity contribution in [1.82, 2.24) is 5.32 Å². The maximum atomic E-state index is 3.24. The van der Waals surface area contributed by atoms with E-state index in [0.717, 1.165) is 18.4 Å². The molecular formula is C8H15N. The van der Waals surface area contributed by atoms with Crippen molar-refractivity contribution in [1.29, 1.82) is 0 Å². The third-order valence-corrected chi connectivity index (χ3v) is 2.00. The van der Waals surface area contributed by atoms with E-state index in [1.54, 1.807) is 0 Å². The molecule has 0 aromatic rings. The summed E-state index contributed by atoms with van der Waals surface area (Å²) in [6, 6.07) is 0. The predicted octanol–water partition coefficient (Wildman–Crippen LogP) is 1.77. The van der Waals surface area contributed by atoms with Crippen LogP contribution in [0.4, 0.5) is 0 Å². The summed E-state index contributed by atoms with van der Waals surface area (Å²) in [5, 5.41) is 3.24. The molecule has 52 valence electrons. The summed E-state index contributed by atoms with van der Waals surface area (Å²) < 4.78 is 0. The van der Waals surface area contributed by atoms with E-state index in [1.165, 1.54) is 6.42 Å². The molecule has 1 atom stereocenters. The summed E-state index contributed by atoms with van der Waals surface area (Å²) in [5.74, 6) is 1.68. The summed E-state index contributed by atoms with van der Waals surface area (Å²) in [5.41, 5.74) is 0. The maximum Gasteiger partial charge on any atom is 0.0175 e. The fourth-order valence-corrected chi connectivity index (χ4v) is 1.14. The normalized spacial score (nSPS) is 26.3. The molecule has 1 heterocycles. The quantitative estimate of drug-likeness (QED) is 0.563. The van der Waals surface area contributed by atoms with Crippen molar-refractivity contribution < 1.29 is 0 Å². The molecule has 0 amide bonds. The Morgan fingerprint density at radius 1 is 1.56 bits per heavy atom. The van der Waals surface area contributed by atoms with Gasteiger partial charge in [-0.2, -0.15) is 0 Å². The molecular weight excluding hydrogens is 110 g/mol. The highest BCUT2D eigenvalue weighted by Gasteiger charge is 2.12. The lowest BCUT2D eigenvalue weighted by Crippen LogP contribution is -2.25. The minimum Gasteiger partial charge on any atom is -0.391 e. The Morgan fingerprint density at radius 3 is 2.67 bits per heavy atom. The molecule has 0 saturated heterocycles. The maximum absolute atomic E-state index is 3.24. The molecule has 0 saturated carbocycles. The average molecular weight is 125 g/mol. The zero-order valence-electron chi connectivity index (χ0n) is 6.22. The lowest BCUT2D eigenvalue weighted by molar-refractivity contribution is 0.369. The monoisotopic (exact) mass is 125 g/mol. The van der Waals surface area contributed by atoms with E-state index in [-0.39, 0.29) is 0 Å². The smallest absolute Gasteiger partial charge is 0.0175 e. The second-order valence-corrected chi connectivity index (χ2v) is 3.05. The molecule has 0 aromatic carbocycles. The number of rotatable bonds is 1. The predicted molar refractivity (Wildman–Crippen MR) is 40.1 cm³/mol. The summed E-state index contributed by atoms with van der Waals surface area (Å²) in [6.45, 7) is 5.73.